The molecule has 71 heavy (non-hydrogen) atoms. The Morgan fingerprint density at radius 1 is 0.563 bits per heavy atom. The van der Waals surface area contributed by atoms with Crippen LogP contribution in [0.25, 0.3) is 0 Å². The SMILES string of the molecule is CC1=C(/C=C/C(C)=C/C=C/C(C)=C/C=C/C=C(C)/C=C/C=C(C)/C=C/C2=C(C)C(=O)C(OC(=O)CNC(=O)NCCCC(=O)O)CC2(C)C)C(C)(C)CC(OC(=O)CNC(=O)NCCCC(=O)O)C1=O.[H-].[Na+]. The predicted octanol–water partition coefficient (Wildman–Crippen LogP) is 5.45. The van der Waals surface area contributed by atoms with Crippen molar-refractivity contribution in [1.29, 1.82) is 0 Å². The molecule has 0 aromatic rings. The van der Waals surface area contributed by atoms with Gasteiger partial charge in [0.1, 0.15) is 13.1 Å². The van der Waals surface area contributed by atoms with Crippen LogP contribution in [0.5, 0.6) is 0 Å². The van der Waals surface area contributed by atoms with Crippen LogP contribution in [-0.4, -0.2) is 96.1 Å². The number of hydrogen-bond acceptors (Lipinski definition) is 10. The van der Waals surface area contributed by atoms with Gasteiger partial charge in [-0.25, -0.2) is 9.59 Å². The number of carboxylic acids is 2. The Bertz CT molecular complexity index is 2180. The molecule has 6 N–H and O–H groups in total. The average molecular weight is 993 g/mol. The van der Waals surface area contributed by atoms with Crippen LogP contribution in [-0.2, 0) is 38.2 Å². The van der Waals surface area contributed by atoms with Crippen molar-refractivity contribution in [3.05, 3.63) is 130 Å². The van der Waals surface area contributed by atoms with Gasteiger partial charge in [0.15, 0.2) is 23.8 Å². The molecular weight excluding hydrogens is 920 g/mol. The van der Waals surface area contributed by atoms with E-state index in [9.17, 15) is 38.4 Å². The van der Waals surface area contributed by atoms with Crippen molar-refractivity contribution in [3.8, 4) is 0 Å². The Hall–Kier alpha value is -6.10. The number of aliphatic carboxylic acids is 2. The second-order valence-electron chi connectivity index (χ2n) is 18.6. The number of Topliss-reactive ketones (excluding diaryl/α,β-unsaturated/α-hetero) is 2. The van der Waals surface area contributed by atoms with Crippen LogP contribution >= 0.6 is 0 Å². The van der Waals surface area contributed by atoms with E-state index in [-0.39, 0.29) is 94.2 Å². The van der Waals surface area contributed by atoms with Gasteiger partial charge in [-0.3, -0.25) is 28.8 Å². The molecule has 17 heteroatoms. The summed E-state index contributed by atoms with van der Waals surface area (Å²) in [5.41, 5.74) is 5.74. The minimum absolute atomic E-state index is 0. The fourth-order valence-electron chi connectivity index (χ4n) is 7.47. The Balaban J connectivity index is 0.0000252. The third-order valence-corrected chi connectivity index (χ3v) is 11.3. The quantitative estimate of drug-likeness (QED) is 0.0306. The van der Waals surface area contributed by atoms with E-state index < -0.39 is 72.1 Å². The van der Waals surface area contributed by atoms with Gasteiger partial charge in [-0.05, 0) is 87.5 Å². The Morgan fingerprint density at radius 3 is 1.23 bits per heavy atom. The van der Waals surface area contributed by atoms with Crippen molar-refractivity contribution in [2.75, 3.05) is 26.2 Å². The number of hydrogen-bond donors (Lipinski definition) is 6. The number of ether oxygens (including phenoxy) is 2. The molecule has 0 heterocycles. The second-order valence-corrected chi connectivity index (χ2v) is 18.6. The Morgan fingerprint density at radius 2 is 0.887 bits per heavy atom. The van der Waals surface area contributed by atoms with Crippen LogP contribution in [0.1, 0.15) is 109 Å². The van der Waals surface area contributed by atoms with Crippen molar-refractivity contribution in [2.45, 2.75) is 120 Å². The minimum atomic E-state index is -0.980. The van der Waals surface area contributed by atoms with E-state index in [1.807, 2.05) is 140 Å². The molecule has 16 nitrogen and oxygen atoms in total. The second kappa shape index (κ2) is 31.3. The summed E-state index contributed by atoms with van der Waals surface area (Å²) in [5.74, 6) is -4.02. The van der Waals surface area contributed by atoms with Gasteiger partial charge in [-0.15, -0.1) is 0 Å². The molecule has 2 atom stereocenters. The zero-order valence-corrected chi connectivity index (χ0v) is 45.3. The fraction of sp³-hybridized carbons (Fsp3) is 0.444. The first-order valence-electron chi connectivity index (χ1n) is 23.3. The average Bonchev–Trinajstić information content (AvgIpc) is 3.27. The summed E-state index contributed by atoms with van der Waals surface area (Å²) in [5, 5.41) is 27.0. The van der Waals surface area contributed by atoms with E-state index in [2.05, 4.69) is 21.3 Å². The zero-order valence-electron chi connectivity index (χ0n) is 44.3. The molecular formula is C54H73N4NaO12. The maximum atomic E-state index is 13.2. The van der Waals surface area contributed by atoms with E-state index in [1.165, 1.54) is 0 Å². The topological polar surface area (TPSA) is 244 Å². The molecule has 0 aromatic heterocycles. The molecule has 0 fully saturated rings. The number of carboxylic acid groups (broad SMARTS) is 2. The number of urea groups is 2. The van der Waals surface area contributed by atoms with Gasteiger partial charge in [-0.1, -0.05) is 135 Å². The number of allylic oxidation sites excluding steroid dienone is 20. The summed E-state index contributed by atoms with van der Waals surface area (Å²) in [4.78, 5) is 96.3. The molecule has 2 rings (SSSR count). The summed E-state index contributed by atoms with van der Waals surface area (Å²) < 4.78 is 10.9. The van der Waals surface area contributed by atoms with E-state index in [4.69, 9.17) is 19.7 Å². The minimum Gasteiger partial charge on any atom is -1.00 e. The number of carbonyl (C=O) groups excluding carboxylic acids is 6. The molecule has 0 radical (unpaired) electrons. The summed E-state index contributed by atoms with van der Waals surface area (Å²) in [6.07, 6.45) is 26.4. The van der Waals surface area contributed by atoms with Gasteiger partial charge in [0, 0.05) is 38.8 Å². The Kier molecular flexibility index (Phi) is 27.7. The zero-order chi connectivity index (χ0) is 52.6. The standard InChI is InChI=1S/C54H72N4O12.Na.H/c1-35(19-13-21-37(3)25-27-41-39(5)49(65)43(31-53(41,7)8)69-47(63)33-57-51(67)55-29-15-23-45(59)60)17-11-12-18-36(2)20-14-22-38(4)26-28-42-40(6)50(66)44(32-54(42,9)10)70-48(64)34-58-52(68)56-30-16-24-46(61)62;;/h11-14,17-22,25-28,43-44H,15-16,23-24,29-34H2,1-10H3,(H,59,60)(H,61,62)(H2,55,57,67)(H2,56,58,68);;/q;+1;-1/b12-11+,19-13+,20-14+,27-25+,28-26+,35-17+,36-18+,37-21+,38-22+;;. The predicted molar refractivity (Wildman–Crippen MR) is 270 cm³/mol. The van der Waals surface area contributed by atoms with Crippen molar-refractivity contribution in [3.63, 3.8) is 0 Å². The molecule has 2 unspecified atom stereocenters. The number of rotatable bonds is 24. The fourth-order valence-corrected chi connectivity index (χ4v) is 7.47. The van der Waals surface area contributed by atoms with Crippen LogP contribution in [0.15, 0.2) is 130 Å². The van der Waals surface area contributed by atoms with Gasteiger partial charge < -0.3 is 42.4 Å². The Labute approximate surface area is 442 Å². The third kappa shape index (κ3) is 24.0. The van der Waals surface area contributed by atoms with E-state index >= 15 is 0 Å². The number of esters is 2. The van der Waals surface area contributed by atoms with Crippen LogP contribution in [0, 0.1) is 10.8 Å². The van der Waals surface area contributed by atoms with Crippen molar-refractivity contribution in [1.82, 2.24) is 21.3 Å². The van der Waals surface area contributed by atoms with Crippen LogP contribution in [0.2, 0.25) is 0 Å². The maximum Gasteiger partial charge on any atom is 1.00 e. The van der Waals surface area contributed by atoms with E-state index in [1.54, 1.807) is 13.8 Å². The first kappa shape index (κ1) is 62.9. The summed E-state index contributed by atoms with van der Waals surface area (Å²) in [6.45, 7) is 18.7. The molecule has 0 aliphatic heterocycles. The van der Waals surface area contributed by atoms with E-state index in [0.717, 1.165) is 33.4 Å². The van der Waals surface area contributed by atoms with Gasteiger partial charge >= 0.3 is 65.5 Å². The van der Waals surface area contributed by atoms with Gasteiger partial charge in [0.25, 0.3) is 0 Å². The number of amides is 4. The van der Waals surface area contributed by atoms with E-state index in [0.29, 0.717) is 11.1 Å². The largest absolute Gasteiger partial charge is 1.00 e. The first-order chi connectivity index (χ1) is 32.8. The molecule has 4 amide bonds. The monoisotopic (exact) mass is 993 g/mol. The summed E-state index contributed by atoms with van der Waals surface area (Å²) in [7, 11) is 0. The number of carbonyl (C=O) groups is 8. The third-order valence-electron chi connectivity index (χ3n) is 11.3. The van der Waals surface area contributed by atoms with Crippen molar-refractivity contribution >= 4 is 47.5 Å². The molecule has 0 aromatic carbocycles. The van der Waals surface area contributed by atoms with Crippen LogP contribution < -0.4 is 50.8 Å². The smallest absolute Gasteiger partial charge is 1.00 e. The molecule has 0 saturated carbocycles. The molecule has 382 valence electrons. The number of nitrogens with one attached hydrogen (secondary N) is 4. The van der Waals surface area contributed by atoms with Gasteiger partial charge in [-0.2, -0.15) is 0 Å². The summed E-state index contributed by atoms with van der Waals surface area (Å²) in [6, 6.07) is -1.27. The van der Waals surface area contributed by atoms with Gasteiger partial charge in [0.2, 0.25) is 0 Å². The van der Waals surface area contributed by atoms with Crippen molar-refractivity contribution in [2.24, 2.45) is 10.8 Å². The molecule has 0 spiro atoms. The summed E-state index contributed by atoms with van der Waals surface area (Å²) >= 11 is 0. The number of ketones is 2. The van der Waals surface area contributed by atoms with Crippen molar-refractivity contribution < 1.29 is 89.0 Å². The molecule has 2 aliphatic carbocycles. The van der Waals surface area contributed by atoms with Crippen LogP contribution in [0.3, 0.4) is 0 Å². The molecule has 0 saturated heterocycles. The van der Waals surface area contributed by atoms with Crippen LogP contribution in [0.4, 0.5) is 9.59 Å². The normalized spacial score (nSPS) is 18.9. The molecule has 0 bridgehead atoms. The molecule has 2 aliphatic rings. The van der Waals surface area contributed by atoms with Gasteiger partial charge in [0.05, 0.1) is 0 Å². The first-order valence-corrected chi connectivity index (χ1v) is 23.3. The maximum absolute atomic E-state index is 13.2.